The van der Waals surface area contributed by atoms with E-state index in [2.05, 4.69) is 26.6 Å². The van der Waals surface area contributed by atoms with Crippen molar-refractivity contribution in [3.8, 4) is 0 Å². The Kier molecular flexibility index (Phi) is 21.1. The van der Waals surface area contributed by atoms with E-state index in [0.717, 1.165) is 5.56 Å². The highest BCUT2D eigenvalue weighted by Gasteiger charge is 2.36. The Bertz CT molecular complexity index is 1770. The number of alkyl carbamates (subject to hydrolysis) is 1. The molecule has 0 aliphatic carbocycles. The van der Waals surface area contributed by atoms with Crippen molar-refractivity contribution in [3.63, 3.8) is 0 Å². The molecule has 0 fully saturated rings. The summed E-state index contributed by atoms with van der Waals surface area (Å²) in [7, 11) is -2.09. The number of ether oxygens (including phenoxy) is 1. The minimum Gasteiger partial charge on any atom is -0.445 e. The zero-order valence-electron chi connectivity index (χ0n) is 37.3. The van der Waals surface area contributed by atoms with Crippen LogP contribution in [0.15, 0.2) is 54.6 Å². The molecular weight excluding hydrogens is 800 g/mol. The molecule has 2 unspecified atom stereocenters. The van der Waals surface area contributed by atoms with E-state index in [0.29, 0.717) is 49.7 Å². The zero-order chi connectivity index (χ0) is 45.1. The summed E-state index contributed by atoms with van der Waals surface area (Å²) >= 11 is 0. The first-order valence-electron chi connectivity index (χ1n) is 21.6. The summed E-state index contributed by atoms with van der Waals surface area (Å²) in [6.07, 6.45) is 1.69. The van der Waals surface area contributed by atoms with Crippen molar-refractivity contribution in [2.75, 3.05) is 39.2 Å². The highest BCUT2D eigenvalue weighted by molar-refractivity contribution is 7.59. The van der Waals surface area contributed by atoms with Gasteiger partial charge in [0, 0.05) is 38.3 Å². The van der Waals surface area contributed by atoms with Gasteiger partial charge in [-0.1, -0.05) is 84.0 Å². The molecule has 2 aromatic carbocycles. The molecule has 1 heterocycles. The van der Waals surface area contributed by atoms with E-state index in [9.17, 15) is 33.3 Å². The van der Waals surface area contributed by atoms with Crippen molar-refractivity contribution in [3.05, 3.63) is 71.3 Å². The van der Waals surface area contributed by atoms with E-state index in [1.807, 2.05) is 71.9 Å². The summed E-state index contributed by atoms with van der Waals surface area (Å²) in [5.74, 6) is -2.20. The Balaban J connectivity index is 1.70. The van der Waals surface area contributed by atoms with Crippen molar-refractivity contribution in [1.29, 1.82) is 0 Å². The number of amides is 6. The fourth-order valence-corrected chi connectivity index (χ4v) is 9.53. The molecule has 6 amide bonds. The van der Waals surface area contributed by atoms with E-state index in [1.54, 1.807) is 31.2 Å². The van der Waals surface area contributed by atoms with E-state index in [4.69, 9.17) is 9.26 Å². The van der Waals surface area contributed by atoms with Crippen molar-refractivity contribution in [1.82, 2.24) is 31.5 Å². The minimum atomic E-state index is -3.61. The van der Waals surface area contributed by atoms with E-state index >= 15 is 0 Å². The number of hydrogen-bond donors (Lipinski definition) is 5. The van der Waals surface area contributed by atoms with Gasteiger partial charge < -0.3 is 35.8 Å². The molecule has 2 aromatic rings. The molecule has 0 aromatic heterocycles. The van der Waals surface area contributed by atoms with Gasteiger partial charge in [0.05, 0.1) is 30.1 Å². The van der Waals surface area contributed by atoms with E-state index in [1.165, 1.54) is 11.9 Å². The molecular formula is C45H69N6O9P. The van der Waals surface area contributed by atoms with Gasteiger partial charge in [0.1, 0.15) is 12.6 Å². The van der Waals surface area contributed by atoms with Crippen LogP contribution in [0.4, 0.5) is 4.79 Å². The minimum absolute atomic E-state index is 0.0666. The Hall–Kier alpha value is -4.59. The average molecular weight is 869 g/mol. The monoisotopic (exact) mass is 868 g/mol. The van der Waals surface area contributed by atoms with Gasteiger partial charge in [-0.15, -0.1) is 0 Å². The van der Waals surface area contributed by atoms with Gasteiger partial charge in [-0.05, 0) is 80.9 Å². The molecule has 0 radical (unpaired) electrons. The molecule has 1 aliphatic rings. The van der Waals surface area contributed by atoms with Crippen LogP contribution in [0, 0.1) is 23.7 Å². The van der Waals surface area contributed by atoms with E-state index < -0.39 is 49.3 Å². The quantitative estimate of drug-likeness (QED) is 0.0398. The lowest BCUT2D eigenvalue weighted by molar-refractivity contribution is -0.131. The van der Waals surface area contributed by atoms with Crippen molar-refractivity contribution < 1.29 is 42.6 Å². The van der Waals surface area contributed by atoms with Gasteiger partial charge in [0.25, 0.3) is 11.8 Å². The van der Waals surface area contributed by atoms with Gasteiger partial charge in [-0.25, -0.2) is 4.79 Å². The number of benzene rings is 2. The highest BCUT2D eigenvalue weighted by atomic mass is 31.2. The fraction of sp³-hybridized carbons (Fsp3) is 0.600. The van der Waals surface area contributed by atoms with Crippen molar-refractivity contribution in [2.45, 2.75) is 112 Å². The summed E-state index contributed by atoms with van der Waals surface area (Å²) in [4.78, 5) is 80.3. The molecule has 0 bridgehead atoms. The lowest BCUT2D eigenvalue weighted by atomic mass is 9.96. The van der Waals surface area contributed by atoms with Crippen LogP contribution in [-0.4, -0.2) is 97.8 Å². The number of hydrogen-bond acceptors (Lipinski definition) is 10. The molecule has 15 nitrogen and oxygen atoms in total. The highest BCUT2D eigenvalue weighted by Crippen LogP contribution is 2.48. The average Bonchev–Trinajstić information content (AvgIpc) is 3.45. The number of rotatable bonds is 27. The number of nitrogens with zero attached hydrogens (tertiary/aromatic N) is 1. The van der Waals surface area contributed by atoms with Crippen LogP contribution < -0.4 is 26.6 Å². The molecule has 0 spiro atoms. The predicted octanol–water partition coefficient (Wildman–Crippen LogP) is 6.08. The molecule has 5 atom stereocenters. The van der Waals surface area contributed by atoms with Crippen molar-refractivity contribution >= 4 is 43.0 Å². The molecule has 0 saturated heterocycles. The molecule has 61 heavy (non-hydrogen) atoms. The Labute approximate surface area is 362 Å². The molecule has 0 saturated carbocycles. The number of imide groups is 1. The van der Waals surface area contributed by atoms with Crippen LogP contribution in [-0.2, 0) is 34.8 Å². The first kappa shape index (κ1) is 50.8. The van der Waals surface area contributed by atoms with Crippen LogP contribution in [0.25, 0.3) is 0 Å². The third-order valence-electron chi connectivity index (χ3n) is 10.3. The third-order valence-corrected chi connectivity index (χ3v) is 12.7. The summed E-state index contributed by atoms with van der Waals surface area (Å²) < 4.78 is 25.7. The van der Waals surface area contributed by atoms with Crippen LogP contribution in [0.2, 0.25) is 0 Å². The fourth-order valence-electron chi connectivity index (χ4n) is 7.35. The molecule has 5 N–H and O–H groups in total. The summed E-state index contributed by atoms with van der Waals surface area (Å²) in [6, 6.07) is 14.0. The molecule has 1 aliphatic heterocycles. The van der Waals surface area contributed by atoms with E-state index in [-0.39, 0.29) is 74.2 Å². The Morgan fingerprint density at radius 2 is 1.33 bits per heavy atom. The van der Waals surface area contributed by atoms with Crippen LogP contribution in [0.1, 0.15) is 113 Å². The standard InChI is InChI=1S/C45H69N6O9P/c1-9-60-61(58,28-34(23-30(2)3)40(52)50-39(25-32(6)7)41(53)46-8)29-48-42(54)38(24-31(4)5)47-26-35(49-45(57)59-27-33-17-11-10-12-18-33)19-15-16-22-51-43(55)36-20-13-14-21-37(36)44(51)56/h10-14,17-18,20-21,30-32,34-35,38-39,47H,9,15-16,19,22-29H2,1-8H3,(H,46,53)(H,48,54)(H,49,57)(H,50,52)/t34?,35-,38-,39-,61?/m0/s1. The summed E-state index contributed by atoms with van der Waals surface area (Å²) in [6.45, 7) is 14.1. The lowest BCUT2D eigenvalue weighted by Crippen LogP contribution is -2.51. The van der Waals surface area contributed by atoms with Gasteiger partial charge in [-0.3, -0.25) is 33.4 Å². The van der Waals surface area contributed by atoms with Crippen LogP contribution >= 0.6 is 7.37 Å². The maximum absolute atomic E-state index is 14.4. The number of nitrogens with one attached hydrogen (secondary N) is 5. The SMILES string of the molecule is CCOP(=O)(CNC(=O)[C@H](CC(C)C)NC[C@H](CCCCN1C(=O)c2ccccc2C1=O)NC(=O)OCc1ccccc1)CC(CC(C)C)C(=O)N[C@@H](CC(C)C)C(=O)NC. The largest absolute Gasteiger partial charge is 0.445 e. The first-order valence-corrected chi connectivity index (χ1v) is 23.6. The second kappa shape index (κ2) is 25.4. The predicted molar refractivity (Wildman–Crippen MR) is 236 cm³/mol. The smallest absolute Gasteiger partial charge is 0.407 e. The number of carbonyl (C=O) groups excluding carboxylic acids is 6. The van der Waals surface area contributed by atoms with Gasteiger partial charge in [0.15, 0.2) is 0 Å². The third kappa shape index (κ3) is 17.0. The van der Waals surface area contributed by atoms with Crippen molar-refractivity contribution in [2.24, 2.45) is 23.7 Å². The van der Waals surface area contributed by atoms with Gasteiger partial charge in [0.2, 0.25) is 25.1 Å². The second-order valence-electron chi connectivity index (χ2n) is 17.0. The Morgan fingerprint density at radius 1 is 0.738 bits per heavy atom. The number of fused-ring (bicyclic) bond motifs is 1. The maximum atomic E-state index is 14.4. The number of carbonyl (C=O) groups is 6. The molecule has 16 heteroatoms. The van der Waals surface area contributed by atoms with Gasteiger partial charge in [-0.2, -0.15) is 0 Å². The lowest BCUT2D eigenvalue weighted by Gasteiger charge is -2.28. The van der Waals surface area contributed by atoms with Crippen LogP contribution in [0.3, 0.4) is 0 Å². The first-order chi connectivity index (χ1) is 29.0. The summed E-state index contributed by atoms with van der Waals surface area (Å²) in [5.41, 5.74) is 1.60. The number of likely N-dealkylation sites (N-methyl/N-ethyl adjacent to an activating group) is 1. The summed E-state index contributed by atoms with van der Waals surface area (Å²) in [5, 5.41) is 14.6. The zero-order valence-corrected chi connectivity index (χ0v) is 38.2. The maximum Gasteiger partial charge on any atom is 0.407 e. The Morgan fingerprint density at radius 3 is 1.90 bits per heavy atom. The van der Waals surface area contributed by atoms with Gasteiger partial charge >= 0.3 is 6.09 Å². The normalized spacial score (nSPS) is 15.5. The topological polar surface area (TPSA) is 201 Å². The number of unbranched alkanes of at least 4 members (excludes halogenated alkanes) is 1. The second-order valence-corrected chi connectivity index (χ2v) is 19.6. The molecule has 338 valence electrons. The van der Waals surface area contributed by atoms with Crippen LogP contribution in [0.5, 0.6) is 0 Å². The molecule has 3 rings (SSSR count).